The predicted molar refractivity (Wildman–Crippen MR) is 151 cm³/mol. The minimum Gasteiger partial charge on any atom is -0.422 e. The van der Waals surface area contributed by atoms with Crippen molar-refractivity contribution in [2.45, 2.75) is 6.42 Å². The highest BCUT2D eigenvalue weighted by molar-refractivity contribution is 5.97. The molecule has 0 heterocycles. The van der Waals surface area contributed by atoms with Crippen LogP contribution in [0.1, 0.15) is 31.8 Å². The fourth-order valence-electron chi connectivity index (χ4n) is 3.64. The number of hydrazone groups is 1. The molecule has 0 saturated carbocycles. The van der Waals surface area contributed by atoms with E-state index in [9.17, 15) is 34.6 Å². The van der Waals surface area contributed by atoms with Crippen molar-refractivity contribution in [3.05, 3.63) is 140 Å². The second-order valence-electron chi connectivity index (χ2n) is 8.66. The van der Waals surface area contributed by atoms with E-state index in [1.807, 2.05) is 30.3 Å². The highest BCUT2D eigenvalue weighted by atomic mass is 16.6. The standard InChI is InChI=1S/C29H21N5O8/c35-27(16-19-4-2-1-3-5-19)31-23-10-6-20(7-11-23)28(36)32-30-18-22-17-25(34(40)41)14-15-26(22)42-29(37)21-8-12-24(13-9-21)33(38)39/h1-15,17-18H,16H2,(H,31,35)(H,32,36)/b30-18+. The molecule has 4 aromatic carbocycles. The highest BCUT2D eigenvalue weighted by Gasteiger charge is 2.16. The van der Waals surface area contributed by atoms with Crippen LogP contribution in [0.4, 0.5) is 17.1 Å². The number of carbonyl (C=O) groups is 3. The number of ether oxygens (including phenoxy) is 1. The third-order valence-corrected chi connectivity index (χ3v) is 5.73. The van der Waals surface area contributed by atoms with Crippen LogP contribution < -0.4 is 15.5 Å². The van der Waals surface area contributed by atoms with Gasteiger partial charge in [-0.2, -0.15) is 5.10 Å². The number of carbonyl (C=O) groups excluding carboxylic acids is 3. The minimum atomic E-state index is -0.867. The van der Waals surface area contributed by atoms with Crippen LogP contribution in [0, 0.1) is 20.2 Å². The summed E-state index contributed by atoms with van der Waals surface area (Å²) >= 11 is 0. The molecule has 210 valence electrons. The molecule has 0 atom stereocenters. The van der Waals surface area contributed by atoms with E-state index in [0.29, 0.717) is 5.69 Å². The van der Waals surface area contributed by atoms with Crippen LogP contribution in [0.3, 0.4) is 0 Å². The molecular weight excluding hydrogens is 546 g/mol. The van der Waals surface area contributed by atoms with Crippen molar-refractivity contribution in [1.82, 2.24) is 5.43 Å². The lowest BCUT2D eigenvalue weighted by atomic mass is 10.1. The maximum Gasteiger partial charge on any atom is 0.343 e. The molecule has 4 aromatic rings. The molecule has 13 heteroatoms. The molecule has 0 aromatic heterocycles. The van der Waals surface area contributed by atoms with E-state index in [1.165, 1.54) is 30.3 Å². The topological polar surface area (TPSA) is 183 Å². The largest absolute Gasteiger partial charge is 0.422 e. The number of rotatable bonds is 10. The molecule has 0 aliphatic rings. The van der Waals surface area contributed by atoms with Crippen LogP contribution >= 0.6 is 0 Å². The smallest absolute Gasteiger partial charge is 0.343 e. The monoisotopic (exact) mass is 567 g/mol. The zero-order chi connectivity index (χ0) is 30.1. The lowest BCUT2D eigenvalue weighted by Crippen LogP contribution is -2.18. The van der Waals surface area contributed by atoms with Crippen LogP contribution in [0.25, 0.3) is 0 Å². The number of hydrogen-bond acceptors (Lipinski definition) is 9. The summed E-state index contributed by atoms with van der Waals surface area (Å²) < 4.78 is 5.32. The molecule has 0 bridgehead atoms. The van der Waals surface area contributed by atoms with Gasteiger partial charge in [-0.05, 0) is 48.0 Å². The van der Waals surface area contributed by atoms with Gasteiger partial charge in [0.1, 0.15) is 5.75 Å². The summed E-state index contributed by atoms with van der Waals surface area (Å²) in [5.74, 6) is -1.79. The summed E-state index contributed by atoms with van der Waals surface area (Å²) in [4.78, 5) is 58.2. The fourth-order valence-corrected chi connectivity index (χ4v) is 3.64. The summed E-state index contributed by atoms with van der Waals surface area (Å²) in [5.41, 5.74) is 3.35. The number of esters is 1. The number of nitrogens with one attached hydrogen (secondary N) is 2. The molecule has 2 amide bonds. The lowest BCUT2D eigenvalue weighted by Gasteiger charge is -2.08. The molecule has 0 radical (unpaired) electrons. The summed E-state index contributed by atoms with van der Waals surface area (Å²) in [6.45, 7) is 0. The Balaban J connectivity index is 1.41. The van der Waals surface area contributed by atoms with Gasteiger partial charge in [0.25, 0.3) is 17.3 Å². The molecule has 0 fully saturated rings. The summed E-state index contributed by atoms with van der Waals surface area (Å²) in [6, 6.07) is 23.4. The Hall–Kier alpha value is -6.24. The highest BCUT2D eigenvalue weighted by Crippen LogP contribution is 2.24. The van der Waals surface area contributed by atoms with Gasteiger partial charge in [0.05, 0.1) is 28.0 Å². The Kier molecular flexibility index (Phi) is 9.05. The average molecular weight is 568 g/mol. The molecule has 0 unspecified atom stereocenters. The quantitative estimate of drug-likeness (QED) is 0.0911. The Morgan fingerprint density at radius 3 is 2.05 bits per heavy atom. The van der Waals surface area contributed by atoms with Gasteiger partial charge >= 0.3 is 5.97 Å². The Morgan fingerprint density at radius 2 is 1.40 bits per heavy atom. The molecule has 0 spiro atoms. The summed E-state index contributed by atoms with van der Waals surface area (Å²) in [5, 5.41) is 28.7. The molecular formula is C29H21N5O8. The molecule has 13 nitrogen and oxygen atoms in total. The van der Waals surface area contributed by atoms with Crippen LogP contribution in [-0.2, 0) is 11.2 Å². The SMILES string of the molecule is O=C(Cc1ccccc1)Nc1ccc(C(=O)N/N=C/c2cc([N+](=O)[O-])ccc2OC(=O)c2ccc([N+](=O)[O-])cc2)cc1. The number of benzene rings is 4. The van der Waals surface area contributed by atoms with Crippen molar-refractivity contribution in [3.8, 4) is 5.75 Å². The van der Waals surface area contributed by atoms with Gasteiger partial charge in [-0.25, -0.2) is 10.2 Å². The van der Waals surface area contributed by atoms with Crippen LogP contribution in [0.2, 0.25) is 0 Å². The van der Waals surface area contributed by atoms with E-state index in [2.05, 4.69) is 15.8 Å². The van der Waals surface area contributed by atoms with E-state index in [1.54, 1.807) is 12.1 Å². The maximum atomic E-state index is 12.6. The number of hydrogen-bond donors (Lipinski definition) is 2. The number of nitrogens with zero attached hydrogens (tertiary/aromatic N) is 3. The van der Waals surface area contributed by atoms with Crippen LogP contribution in [0.15, 0.2) is 102 Å². The van der Waals surface area contributed by atoms with E-state index in [4.69, 9.17) is 4.74 Å². The lowest BCUT2D eigenvalue weighted by molar-refractivity contribution is -0.385. The van der Waals surface area contributed by atoms with Crippen LogP contribution in [-0.4, -0.2) is 33.8 Å². The first kappa shape index (κ1) is 28.8. The zero-order valence-electron chi connectivity index (χ0n) is 21.6. The zero-order valence-corrected chi connectivity index (χ0v) is 21.6. The second kappa shape index (κ2) is 13.2. The average Bonchev–Trinajstić information content (AvgIpc) is 2.98. The number of nitro benzene ring substituents is 2. The first-order valence-electron chi connectivity index (χ1n) is 12.2. The minimum absolute atomic E-state index is 0.00912. The second-order valence-corrected chi connectivity index (χ2v) is 8.66. The summed E-state index contributed by atoms with van der Waals surface area (Å²) in [7, 11) is 0. The van der Waals surface area contributed by atoms with Crippen molar-refractivity contribution in [2.75, 3.05) is 5.32 Å². The van der Waals surface area contributed by atoms with Gasteiger partial charge in [0, 0.05) is 41.1 Å². The van der Waals surface area contributed by atoms with E-state index in [-0.39, 0.29) is 46.1 Å². The Bertz CT molecular complexity index is 1670. The number of anilines is 1. The number of amides is 2. The molecule has 0 saturated heterocycles. The third-order valence-electron chi connectivity index (χ3n) is 5.73. The predicted octanol–water partition coefficient (Wildman–Crippen LogP) is 4.67. The van der Waals surface area contributed by atoms with E-state index < -0.39 is 21.7 Å². The molecule has 0 aliphatic carbocycles. The fraction of sp³-hybridized carbons (Fsp3) is 0.0345. The van der Waals surface area contributed by atoms with Crippen molar-refractivity contribution in [3.63, 3.8) is 0 Å². The van der Waals surface area contributed by atoms with Crippen molar-refractivity contribution >= 4 is 41.1 Å². The van der Waals surface area contributed by atoms with E-state index in [0.717, 1.165) is 36.0 Å². The number of non-ortho nitro benzene ring substituents is 2. The molecule has 2 N–H and O–H groups in total. The first-order chi connectivity index (χ1) is 20.2. The molecule has 4 rings (SSSR count). The summed E-state index contributed by atoms with van der Waals surface area (Å²) in [6.07, 6.45) is 1.27. The third kappa shape index (κ3) is 7.66. The molecule has 42 heavy (non-hydrogen) atoms. The van der Waals surface area contributed by atoms with Gasteiger partial charge in [-0.15, -0.1) is 0 Å². The normalized spacial score (nSPS) is 10.6. The maximum absolute atomic E-state index is 12.6. The van der Waals surface area contributed by atoms with Crippen molar-refractivity contribution in [1.29, 1.82) is 0 Å². The van der Waals surface area contributed by atoms with E-state index >= 15 is 0 Å². The van der Waals surface area contributed by atoms with Gasteiger partial charge in [0.15, 0.2) is 0 Å². The Morgan fingerprint density at radius 1 is 0.786 bits per heavy atom. The molecule has 0 aliphatic heterocycles. The van der Waals surface area contributed by atoms with Gasteiger partial charge in [-0.3, -0.25) is 29.8 Å². The number of nitro groups is 2. The van der Waals surface area contributed by atoms with Gasteiger partial charge in [0.2, 0.25) is 5.91 Å². The van der Waals surface area contributed by atoms with Crippen molar-refractivity contribution < 1.29 is 29.0 Å². The van der Waals surface area contributed by atoms with Crippen LogP contribution in [0.5, 0.6) is 5.75 Å². The first-order valence-corrected chi connectivity index (χ1v) is 12.2. The van der Waals surface area contributed by atoms with Gasteiger partial charge in [-0.1, -0.05) is 30.3 Å². The Labute approximate surface area is 237 Å². The van der Waals surface area contributed by atoms with Gasteiger partial charge < -0.3 is 10.1 Å². The van der Waals surface area contributed by atoms with Crippen molar-refractivity contribution in [2.24, 2.45) is 5.10 Å².